The van der Waals surface area contributed by atoms with E-state index in [1.165, 1.54) is 17.7 Å². The van der Waals surface area contributed by atoms with Crippen molar-refractivity contribution in [3.05, 3.63) is 41.5 Å². The third-order valence-electron chi connectivity index (χ3n) is 3.42. The summed E-state index contributed by atoms with van der Waals surface area (Å²) >= 11 is 0. The Bertz CT molecular complexity index is 490. The minimum Gasteiger partial charge on any atom is -0.307 e. The molecular weight excluding hydrogens is 233 g/mol. The number of rotatable bonds is 4. The van der Waals surface area contributed by atoms with Crippen molar-refractivity contribution in [3.8, 4) is 0 Å². The van der Waals surface area contributed by atoms with Crippen molar-refractivity contribution in [1.29, 1.82) is 0 Å². The van der Waals surface area contributed by atoms with Gasteiger partial charge in [-0.25, -0.2) is 4.39 Å². The maximum atomic E-state index is 12.8. The number of nitrogens with one attached hydrogen (secondary N) is 2. The van der Waals surface area contributed by atoms with E-state index in [4.69, 9.17) is 0 Å². The summed E-state index contributed by atoms with van der Waals surface area (Å²) in [6, 6.07) is 7.27. The number of benzene rings is 1. The van der Waals surface area contributed by atoms with Gasteiger partial charge in [0.05, 0.1) is 6.54 Å². The first-order valence-corrected chi connectivity index (χ1v) is 6.02. The van der Waals surface area contributed by atoms with Crippen LogP contribution in [-0.2, 0) is 6.54 Å². The SMILES string of the molecule is Fc1ccc(C2CC(NCc3nn[nH]n3)C2)cc1. The molecule has 1 heterocycles. The molecule has 0 spiro atoms. The smallest absolute Gasteiger partial charge is 0.188 e. The first-order chi connectivity index (χ1) is 8.81. The van der Waals surface area contributed by atoms with Crippen molar-refractivity contribution in [2.75, 3.05) is 0 Å². The van der Waals surface area contributed by atoms with Gasteiger partial charge in [0.25, 0.3) is 0 Å². The zero-order valence-electron chi connectivity index (χ0n) is 9.81. The predicted octanol–water partition coefficient (Wildman–Crippen LogP) is 1.37. The normalized spacial score (nSPS) is 22.7. The average molecular weight is 247 g/mol. The lowest BCUT2D eigenvalue weighted by Crippen LogP contribution is -2.39. The van der Waals surface area contributed by atoms with Crippen LogP contribution in [0.4, 0.5) is 4.39 Å². The second kappa shape index (κ2) is 4.81. The highest BCUT2D eigenvalue weighted by Gasteiger charge is 2.29. The molecule has 2 N–H and O–H groups in total. The Hall–Kier alpha value is -1.82. The zero-order valence-corrected chi connectivity index (χ0v) is 9.81. The highest BCUT2D eigenvalue weighted by Crippen LogP contribution is 2.36. The van der Waals surface area contributed by atoms with Gasteiger partial charge in [0, 0.05) is 6.04 Å². The summed E-state index contributed by atoms with van der Waals surface area (Å²) < 4.78 is 12.8. The Morgan fingerprint density at radius 2 is 2.06 bits per heavy atom. The molecule has 0 saturated heterocycles. The van der Waals surface area contributed by atoms with Crippen LogP contribution in [0, 0.1) is 5.82 Å². The second-order valence-electron chi connectivity index (χ2n) is 4.63. The molecular formula is C12H14FN5. The number of aromatic amines is 1. The molecule has 0 radical (unpaired) electrons. The minimum atomic E-state index is -0.176. The fourth-order valence-corrected chi connectivity index (χ4v) is 2.28. The van der Waals surface area contributed by atoms with Gasteiger partial charge in [-0.3, -0.25) is 0 Å². The molecule has 1 aliphatic carbocycles. The molecule has 0 bridgehead atoms. The number of hydrogen-bond donors (Lipinski definition) is 2. The molecule has 3 rings (SSSR count). The van der Waals surface area contributed by atoms with Crippen LogP contribution >= 0.6 is 0 Å². The summed E-state index contributed by atoms with van der Waals surface area (Å²) in [5, 5.41) is 17.1. The topological polar surface area (TPSA) is 66.5 Å². The Morgan fingerprint density at radius 1 is 1.28 bits per heavy atom. The van der Waals surface area contributed by atoms with Gasteiger partial charge in [-0.05, 0) is 36.5 Å². The lowest BCUT2D eigenvalue weighted by Gasteiger charge is -2.36. The van der Waals surface area contributed by atoms with Crippen LogP contribution in [0.1, 0.15) is 30.1 Å². The standard InChI is InChI=1S/C12H14FN5/c13-10-3-1-8(2-4-10)9-5-11(6-9)14-7-12-15-17-18-16-12/h1-4,9,11,14H,5-7H2,(H,15,16,17,18). The van der Waals surface area contributed by atoms with Crippen molar-refractivity contribution >= 4 is 0 Å². The molecule has 1 aromatic heterocycles. The third kappa shape index (κ3) is 2.38. The molecule has 1 fully saturated rings. The van der Waals surface area contributed by atoms with E-state index in [0.29, 0.717) is 24.3 Å². The van der Waals surface area contributed by atoms with Crippen molar-refractivity contribution < 1.29 is 4.39 Å². The fourth-order valence-electron chi connectivity index (χ4n) is 2.28. The molecule has 0 aliphatic heterocycles. The molecule has 0 amide bonds. The summed E-state index contributed by atoms with van der Waals surface area (Å²) in [5.74, 6) is 1.04. The maximum Gasteiger partial charge on any atom is 0.188 e. The molecule has 1 aromatic carbocycles. The van der Waals surface area contributed by atoms with Crippen LogP contribution in [0.3, 0.4) is 0 Å². The minimum absolute atomic E-state index is 0.176. The van der Waals surface area contributed by atoms with Gasteiger partial charge in [0.1, 0.15) is 5.82 Å². The summed E-state index contributed by atoms with van der Waals surface area (Å²) in [7, 11) is 0. The predicted molar refractivity (Wildman–Crippen MR) is 63.2 cm³/mol. The average Bonchev–Trinajstić information content (AvgIpc) is 2.82. The first-order valence-electron chi connectivity index (χ1n) is 6.02. The number of nitrogens with zero attached hydrogens (tertiary/aromatic N) is 3. The van der Waals surface area contributed by atoms with Gasteiger partial charge >= 0.3 is 0 Å². The van der Waals surface area contributed by atoms with E-state index >= 15 is 0 Å². The van der Waals surface area contributed by atoms with E-state index in [1.807, 2.05) is 12.1 Å². The molecule has 2 aromatic rings. The number of H-pyrrole nitrogens is 1. The second-order valence-corrected chi connectivity index (χ2v) is 4.63. The first kappa shape index (κ1) is 11.3. The number of halogens is 1. The van der Waals surface area contributed by atoms with Crippen molar-refractivity contribution in [3.63, 3.8) is 0 Å². The molecule has 6 heteroatoms. The van der Waals surface area contributed by atoms with E-state index in [0.717, 1.165) is 12.8 Å². The molecule has 1 saturated carbocycles. The Kier molecular flexibility index (Phi) is 3.02. The summed E-state index contributed by atoms with van der Waals surface area (Å²) in [5.41, 5.74) is 1.22. The molecule has 5 nitrogen and oxygen atoms in total. The van der Waals surface area contributed by atoms with Crippen LogP contribution in [0.2, 0.25) is 0 Å². The Labute approximate surface area is 104 Å². The van der Waals surface area contributed by atoms with Gasteiger partial charge in [-0.1, -0.05) is 17.3 Å². The van der Waals surface area contributed by atoms with Gasteiger partial charge in [0.2, 0.25) is 0 Å². The van der Waals surface area contributed by atoms with E-state index in [1.54, 1.807) is 0 Å². The monoisotopic (exact) mass is 247 g/mol. The summed E-state index contributed by atoms with van der Waals surface area (Å²) in [6.45, 7) is 0.636. The van der Waals surface area contributed by atoms with Gasteiger partial charge in [-0.2, -0.15) is 5.21 Å². The van der Waals surface area contributed by atoms with Gasteiger partial charge < -0.3 is 5.32 Å². The quantitative estimate of drug-likeness (QED) is 0.856. The largest absolute Gasteiger partial charge is 0.307 e. The highest BCUT2D eigenvalue weighted by atomic mass is 19.1. The van der Waals surface area contributed by atoms with E-state index < -0.39 is 0 Å². The van der Waals surface area contributed by atoms with Crippen LogP contribution in [0.15, 0.2) is 24.3 Å². The highest BCUT2D eigenvalue weighted by molar-refractivity contribution is 5.23. The number of hydrogen-bond acceptors (Lipinski definition) is 4. The molecule has 1 aliphatic rings. The number of aromatic nitrogens is 4. The third-order valence-corrected chi connectivity index (χ3v) is 3.42. The van der Waals surface area contributed by atoms with Crippen LogP contribution in [0.5, 0.6) is 0 Å². The Morgan fingerprint density at radius 3 is 2.72 bits per heavy atom. The fraction of sp³-hybridized carbons (Fsp3) is 0.417. The van der Waals surface area contributed by atoms with Crippen LogP contribution in [0.25, 0.3) is 0 Å². The lowest BCUT2D eigenvalue weighted by atomic mass is 9.76. The number of tetrazole rings is 1. The van der Waals surface area contributed by atoms with E-state index in [-0.39, 0.29) is 5.82 Å². The maximum absolute atomic E-state index is 12.8. The van der Waals surface area contributed by atoms with Gasteiger partial charge in [-0.15, -0.1) is 10.2 Å². The van der Waals surface area contributed by atoms with E-state index in [2.05, 4.69) is 25.9 Å². The van der Waals surface area contributed by atoms with E-state index in [9.17, 15) is 4.39 Å². The zero-order chi connectivity index (χ0) is 12.4. The lowest BCUT2D eigenvalue weighted by molar-refractivity contribution is 0.287. The molecule has 0 unspecified atom stereocenters. The molecule has 0 atom stereocenters. The van der Waals surface area contributed by atoms with Crippen LogP contribution < -0.4 is 5.32 Å². The van der Waals surface area contributed by atoms with Crippen LogP contribution in [-0.4, -0.2) is 26.7 Å². The summed E-state index contributed by atoms with van der Waals surface area (Å²) in [6.07, 6.45) is 2.15. The van der Waals surface area contributed by atoms with Crippen molar-refractivity contribution in [2.24, 2.45) is 0 Å². The van der Waals surface area contributed by atoms with Crippen molar-refractivity contribution in [1.82, 2.24) is 25.9 Å². The Balaban J connectivity index is 1.47. The van der Waals surface area contributed by atoms with Gasteiger partial charge in [0.15, 0.2) is 5.82 Å². The molecule has 18 heavy (non-hydrogen) atoms. The van der Waals surface area contributed by atoms with Crippen molar-refractivity contribution in [2.45, 2.75) is 31.3 Å². The molecule has 94 valence electrons. The summed E-state index contributed by atoms with van der Waals surface area (Å²) in [4.78, 5) is 0.